The predicted octanol–water partition coefficient (Wildman–Crippen LogP) is 9.30. The molecule has 3 aromatic carbocycles. The maximum Gasteiger partial charge on any atom is 0.217 e. The molecule has 0 amide bonds. The molecule has 40 heavy (non-hydrogen) atoms. The lowest BCUT2D eigenvalue weighted by molar-refractivity contribution is 0.571. The van der Waals surface area contributed by atoms with Crippen molar-refractivity contribution in [2.75, 3.05) is 5.32 Å². The second-order valence-corrected chi connectivity index (χ2v) is 11.3. The number of halogens is 5. The molecule has 1 aliphatic heterocycles. The van der Waals surface area contributed by atoms with Crippen LogP contribution in [0.1, 0.15) is 17.1 Å². The third kappa shape index (κ3) is 5.64. The first-order valence-corrected chi connectivity index (χ1v) is 14.1. The highest BCUT2D eigenvalue weighted by Gasteiger charge is 2.27. The van der Waals surface area contributed by atoms with E-state index in [0.717, 1.165) is 11.3 Å². The Morgan fingerprint density at radius 3 is 2.35 bits per heavy atom. The van der Waals surface area contributed by atoms with Crippen molar-refractivity contribution in [1.82, 2.24) is 14.9 Å². The molecular weight excluding hydrogens is 615 g/mol. The largest absolute Gasteiger partial charge is 0.457 e. The molecule has 2 aromatic heterocycles. The van der Waals surface area contributed by atoms with Crippen molar-refractivity contribution in [3.63, 3.8) is 0 Å². The molecule has 3 heterocycles. The van der Waals surface area contributed by atoms with E-state index >= 15 is 0 Å². The molecule has 0 aliphatic carbocycles. The van der Waals surface area contributed by atoms with Crippen molar-refractivity contribution in [2.45, 2.75) is 11.7 Å². The quantitative estimate of drug-likeness (QED) is 0.189. The Hall–Kier alpha value is -3.27. The Morgan fingerprint density at radius 2 is 1.60 bits per heavy atom. The van der Waals surface area contributed by atoms with E-state index in [4.69, 9.17) is 55.9 Å². The first kappa shape index (κ1) is 26.9. The molecule has 5 aromatic rings. The van der Waals surface area contributed by atoms with Crippen LogP contribution in [-0.4, -0.2) is 20.6 Å². The van der Waals surface area contributed by atoms with E-state index in [1.165, 1.54) is 23.9 Å². The van der Waals surface area contributed by atoms with Crippen molar-refractivity contribution >= 4 is 75.6 Å². The Bertz CT molecular complexity index is 1780. The van der Waals surface area contributed by atoms with Gasteiger partial charge in [-0.25, -0.2) is 4.39 Å². The lowest BCUT2D eigenvalue weighted by atomic mass is 10.1. The van der Waals surface area contributed by atoms with Crippen LogP contribution in [0.25, 0.3) is 17.4 Å². The molecule has 0 radical (unpaired) electrons. The molecule has 0 spiro atoms. The summed E-state index contributed by atoms with van der Waals surface area (Å²) in [5.74, 6) is 1.15. The van der Waals surface area contributed by atoms with Crippen LogP contribution in [0.15, 0.2) is 92.4 Å². The van der Waals surface area contributed by atoms with Crippen LogP contribution in [0.3, 0.4) is 0 Å². The second-order valence-electron chi connectivity index (χ2n) is 8.59. The number of anilines is 1. The lowest BCUT2D eigenvalue weighted by Crippen LogP contribution is -2.15. The summed E-state index contributed by atoms with van der Waals surface area (Å²) in [5, 5.41) is 18.7. The van der Waals surface area contributed by atoms with Crippen LogP contribution in [-0.2, 0) is 6.54 Å². The summed E-state index contributed by atoms with van der Waals surface area (Å²) < 4.78 is 22.3. The molecule has 0 fully saturated rings. The molecule has 6 nitrogen and oxygen atoms in total. The van der Waals surface area contributed by atoms with E-state index in [-0.39, 0.29) is 10.0 Å². The van der Waals surface area contributed by atoms with Gasteiger partial charge in [0, 0.05) is 31.8 Å². The van der Waals surface area contributed by atoms with Crippen LogP contribution >= 0.6 is 58.2 Å². The van der Waals surface area contributed by atoms with Gasteiger partial charge in [0.2, 0.25) is 5.16 Å². The summed E-state index contributed by atoms with van der Waals surface area (Å²) in [5.41, 5.74) is 2.50. The fourth-order valence-corrected chi connectivity index (χ4v) is 5.59. The number of aromatic nitrogens is 3. The van der Waals surface area contributed by atoms with Crippen molar-refractivity contribution in [2.24, 2.45) is 5.10 Å². The number of rotatable bonds is 6. The van der Waals surface area contributed by atoms with Gasteiger partial charge in [-0.1, -0.05) is 46.4 Å². The van der Waals surface area contributed by atoms with E-state index in [9.17, 15) is 4.39 Å². The average Bonchev–Trinajstić information content (AvgIpc) is 3.57. The minimum absolute atomic E-state index is 0.0835. The zero-order chi connectivity index (χ0) is 27.8. The summed E-state index contributed by atoms with van der Waals surface area (Å²) in [6, 6.07) is 20.9. The molecule has 0 saturated carbocycles. The highest BCUT2D eigenvalue weighted by Crippen LogP contribution is 2.38. The number of nitrogens with zero attached hydrogens (tertiary/aromatic N) is 4. The Labute approximate surface area is 252 Å². The highest BCUT2D eigenvalue weighted by atomic mass is 35.5. The van der Waals surface area contributed by atoms with Gasteiger partial charge in [0.05, 0.1) is 16.6 Å². The average molecular weight is 631 g/mol. The number of allylic oxidation sites excluding steroid dienone is 1. The van der Waals surface area contributed by atoms with Crippen LogP contribution in [0.2, 0.25) is 20.1 Å². The standard InChI is InChI=1S/C28H16Cl4FN5OS/c29-16-3-1-15(2-4-16)24-10-9-19(39-24)11-25-27(20-12-23(33)22(32)13-21(20)31)37-38-26(35-36-28(38)40-25)14-34-18-7-5-17(30)6-8-18/h1-13,34H,14H2/b25-11-. The molecule has 0 saturated heterocycles. The molecular formula is C28H16Cl4FN5OS. The molecule has 0 bridgehead atoms. The Kier molecular flexibility index (Phi) is 7.61. The SMILES string of the molecule is Fc1cc(C2=Nn3c(CNc4ccc(Cl)cc4)nnc3S/C2=C\c2ccc(-c3ccc(Cl)cc3)o2)c(Cl)cc1Cl. The van der Waals surface area contributed by atoms with Crippen LogP contribution in [0.4, 0.5) is 10.1 Å². The summed E-state index contributed by atoms with van der Waals surface area (Å²) in [6.45, 7) is 0.330. The van der Waals surface area contributed by atoms with E-state index in [0.29, 0.717) is 55.3 Å². The zero-order valence-electron chi connectivity index (χ0n) is 20.2. The second kappa shape index (κ2) is 11.3. The fourth-order valence-electron chi connectivity index (χ4n) is 3.93. The molecule has 6 rings (SSSR count). The van der Waals surface area contributed by atoms with Gasteiger partial charge >= 0.3 is 0 Å². The third-order valence-electron chi connectivity index (χ3n) is 5.90. The molecule has 12 heteroatoms. The first-order chi connectivity index (χ1) is 19.3. The monoisotopic (exact) mass is 629 g/mol. The highest BCUT2D eigenvalue weighted by molar-refractivity contribution is 8.04. The van der Waals surface area contributed by atoms with Gasteiger partial charge in [0.25, 0.3) is 0 Å². The summed E-state index contributed by atoms with van der Waals surface area (Å²) >= 11 is 25.8. The van der Waals surface area contributed by atoms with Gasteiger partial charge in [0.1, 0.15) is 23.0 Å². The number of nitrogens with one attached hydrogen (secondary N) is 1. The minimum Gasteiger partial charge on any atom is -0.457 e. The van der Waals surface area contributed by atoms with Crippen molar-refractivity contribution in [3.05, 3.63) is 121 Å². The topological polar surface area (TPSA) is 68.2 Å². The van der Waals surface area contributed by atoms with Gasteiger partial charge in [-0.3, -0.25) is 0 Å². The number of hydrogen-bond acceptors (Lipinski definition) is 6. The number of furan rings is 1. The molecule has 1 N–H and O–H groups in total. The molecule has 0 atom stereocenters. The van der Waals surface area contributed by atoms with Crippen molar-refractivity contribution in [1.29, 1.82) is 0 Å². The van der Waals surface area contributed by atoms with E-state index in [1.54, 1.807) is 35.0 Å². The van der Waals surface area contributed by atoms with E-state index < -0.39 is 5.82 Å². The molecule has 200 valence electrons. The maximum atomic E-state index is 14.6. The predicted molar refractivity (Wildman–Crippen MR) is 160 cm³/mol. The van der Waals surface area contributed by atoms with Gasteiger partial charge in [-0.05, 0) is 90.6 Å². The molecule has 1 aliphatic rings. The zero-order valence-corrected chi connectivity index (χ0v) is 24.0. The van der Waals surface area contributed by atoms with E-state index in [2.05, 4.69) is 15.5 Å². The number of fused-ring (bicyclic) bond motifs is 1. The van der Waals surface area contributed by atoms with E-state index in [1.807, 2.05) is 36.4 Å². The summed E-state index contributed by atoms with van der Waals surface area (Å²) in [4.78, 5) is 0.637. The fraction of sp³-hybridized carbons (Fsp3) is 0.0357. The number of thioether (sulfide) groups is 1. The summed E-state index contributed by atoms with van der Waals surface area (Å²) in [6.07, 6.45) is 1.80. The van der Waals surface area contributed by atoms with Crippen LogP contribution in [0, 0.1) is 5.82 Å². The van der Waals surface area contributed by atoms with Gasteiger partial charge in [-0.2, -0.15) is 9.78 Å². The number of benzene rings is 3. The first-order valence-electron chi connectivity index (χ1n) is 11.8. The number of hydrogen-bond donors (Lipinski definition) is 1. The van der Waals surface area contributed by atoms with Crippen LogP contribution < -0.4 is 5.32 Å². The summed E-state index contributed by atoms with van der Waals surface area (Å²) in [7, 11) is 0. The molecule has 0 unspecified atom stereocenters. The van der Waals surface area contributed by atoms with Gasteiger partial charge in [0.15, 0.2) is 5.82 Å². The minimum atomic E-state index is -0.615. The third-order valence-corrected chi connectivity index (χ3v) is 7.97. The van der Waals surface area contributed by atoms with Crippen molar-refractivity contribution in [3.8, 4) is 11.3 Å². The van der Waals surface area contributed by atoms with Crippen molar-refractivity contribution < 1.29 is 8.81 Å². The van der Waals surface area contributed by atoms with Gasteiger partial charge in [-0.15, -0.1) is 10.2 Å². The normalized spacial score (nSPS) is 13.8. The maximum absolute atomic E-state index is 14.6. The van der Waals surface area contributed by atoms with Crippen LogP contribution in [0.5, 0.6) is 0 Å². The Balaban J connectivity index is 1.38. The van der Waals surface area contributed by atoms with Gasteiger partial charge < -0.3 is 9.73 Å². The lowest BCUT2D eigenvalue weighted by Gasteiger charge is -2.18. The Morgan fingerprint density at radius 1 is 0.875 bits per heavy atom. The smallest absolute Gasteiger partial charge is 0.217 e.